The van der Waals surface area contributed by atoms with E-state index in [2.05, 4.69) is 24.1 Å². The van der Waals surface area contributed by atoms with E-state index in [1.165, 1.54) is 4.90 Å². The molecule has 0 heterocycles. The Bertz CT molecular complexity index is 402. The van der Waals surface area contributed by atoms with Crippen LogP contribution in [0.2, 0.25) is 0 Å². The molecule has 0 aliphatic carbocycles. The maximum absolute atomic E-state index is 5.18. The van der Waals surface area contributed by atoms with E-state index in [-0.39, 0.29) is 0 Å². The molecule has 0 aromatic heterocycles. The SMILES string of the molecule is C=S(=C)(C)c1ccc(OC)c(C)c1. The first-order valence-corrected chi connectivity index (χ1v) is 6.42. The molecule has 0 saturated heterocycles. The molecule has 0 bridgehead atoms. The van der Waals surface area contributed by atoms with Gasteiger partial charge in [-0.3, -0.25) is 0 Å². The molecule has 72 valence electrons. The minimum atomic E-state index is -1.11. The average molecular weight is 196 g/mol. The van der Waals surface area contributed by atoms with Gasteiger partial charge in [-0.1, -0.05) is 11.7 Å². The molecule has 0 aliphatic heterocycles. The summed E-state index contributed by atoms with van der Waals surface area (Å²) in [6.07, 6.45) is 2.08. The highest BCUT2D eigenvalue weighted by Crippen LogP contribution is 2.31. The minimum absolute atomic E-state index is 0.924. The van der Waals surface area contributed by atoms with Gasteiger partial charge >= 0.3 is 0 Å². The molecule has 1 aromatic carbocycles. The molecule has 0 aliphatic rings. The van der Waals surface area contributed by atoms with Crippen LogP contribution in [-0.2, 0) is 0 Å². The van der Waals surface area contributed by atoms with Gasteiger partial charge in [-0.05, 0) is 41.8 Å². The second-order valence-electron chi connectivity index (χ2n) is 3.41. The van der Waals surface area contributed by atoms with Crippen molar-refractivity contribution >= 4 is 20.9 Å². The van der Waals surface area contributed by atoms with Crippen LogP contribution in [0, 0.1) is 6.92 Å². The van der Waals surface area contributed by atoms with Gasteiger partial charge in [0, 0.05) is 0 Å². The minimum Gasteiger partial charge on any atom is -0.496 e. The molecule has 0 N–H and O–H groups in total. The summed E-state index contributed by atoms with van der Waals surface area (Å²) < 4.78 is 5.18. The van der Waals surface area contributed by atoms with Gasteiger partial charge in [-0.2, -0.15) is 9.21 Å². The molecule has 0 radical (unpaired) electrons. The summed E-state index contributed by atoms with van der Waals surface area (Å²) in [5.74, 6) is 9.06. The molecule has 1 aromatic rings. The normalized spacial score (nSPS) is 11.3. The fraction of sp³-hybridized carbons (Fsp3) is 0.273. The third kappa shape index (κ3) is 2.28. The first kappa shape index (κ1) is 10.2. The molecular formula is C11H16OS. The number of aryl methyl sites for hydroxylation is 1. The summed E-state index contributed by atoms with van der Waals surface area (Å²) in [5, 5.41) is 0. The zero-order valence-corrected chi connectivity index (χ0v) is 9.28. The lowest BCUT2D eigenvalue weighted by Gasteiger charge is -2.11. The van der Waals surface area contributed by atoms with Gasteiger partial charge < -0.3 is 4.74 Å². The number of ether oxygens (including phenoxy) is 1. The van der Waals surface area contributed by atoms with E-state index in [0.717, 1.165) is 11.3 Å². The zero-order chi connectivity index (χ0) is 10.1. The van der Waals surface area contributed by atoms with Crippen LogP contribution >= 0.6 is 9.21 Å². The molecular weight excluding hydrogens is 180 g/mol. The number of rotatable bonds is 2. The van der Waals surface area contributed by atoms with Crippen LogP contribution in [0.15, 0.2) is 23.1 Å². The van der Waals surface area contributed by atoms with Gasteiger partial charge in [0.1, 0.15) is 5.75 Å². The van der Waals surface area contributed by atoms with Crippen LogP contribution in [0.4, 0.5) is 0 Å². The topological polar surface area (TPSA) is 9.23 Å². The highest BCUT2D eigenvalue weighted by atomic mass is 32.2. The molecule has 1 nitrogen and oxygen atoms in total. The number of hydrogen-bond acceptors (Lipinski definition) is 1. The Balaban J connectivity index is 3.26. The van der Waals surface area contributed by atoms with Crippen LogP contribution < -0.4 is 4.74 Å². The first-order chi connectivity index (χ1) is 5.95. The number of methoxy groups -OCH3 is 1. The highest BCUT2D eigenvalue weighted by Gasteiger charge is 2.00. The van der Waals surface area contributed by atoms with Gasteiger partial charge in [0.15, 0.2) is 0 Å². The summed E-state index contributed by atoms with van der Waals surface area (Å²) in [6.45, 7) is 2.04. The van der Waals surface area contributed by atoms with Gasteiger partial charge in [-0.25, -0.2) is 0 Å². The van der Waals surface area contributed by atoms with E-state index >= 15 is 0 Å². The van der Waals surface area contributed by atoms with Crippen molar-refractivity contribution in [1.82, 2.24) is 0 Å². The number of hydrogen-bond donors (Lipinski definition) is 0. The lowest BCUT2D eigenvalue weighted by atomic mass is 10.2. The fourth-order valence-electron chi connectivity index (χ4n) is 1.16. The Morgan fingerprint density at radius 1 is 1.31 bits per heavy atom. The van der Waals surface area contributed by atoms with Crippen molar-refractivity contribution in [3.63, 3.8) is 0 Å². The van der Waals surface area contributed by atoms with Gasteiger partial charge in [0.25, 0.3) is 0 Å². The van der Waals surface area contributed by atoms with Gasteiger partial charge in [-0.15, -0.1) is 0 Å². The van der Waals surface area contributed by atoms with Crippen molar-refractivity contribution in [3.05, 3.63) is 23.8 Å². The van der Waals surface area contributed by atoms with Crippen molar-refractivity contribution in [2.75, 3.05) is 13.4 Å². The van der Waals surface area contributed by atoms with Crippen LogP contribution in [-0.4, -0.2) is 25.1 Å². The van der Waals surface area contributed by atoms with E-state index < -0.39 is 9.21 Å². The average Bonchev–Trinajstić information content (AvgIpc) is 2.02. The van der Waals surface area contributed by atoms with E-state index in [9.17, 15) is 0 Å². The van der Waals surface area contributed by atoms with Crippen molar-refractivity contribution in [1.29, 1.82) is 0 Å². The van der Waals surface area contributed by atoms with Crippen molar-refractivity contribution < 1.29 is 4.74 Å². The largest absolute Gasteiger partial charge is 0.496 e. The van der Waals surface area contributed by atoms with Crippen LogP contribution in [0.1, 0.15) is 5.56 Å². The summed E-state index contributed by atoms with van der Waals surface area (Å²) in [6, 6.07) is 6.13. The molecule has 0 amide bonds. The van der Waals surface area contributed by atoms with Crippen molar-refractivity contribution in [2.45, 2.75) is 11.8 Å². The van der Waals surface area contributed by atoms with E-state index in [0.29, 0.717) is 0 Å². The van der Waals surface area contributed by atoms with Crippen LogP contribution in [0.25, 0.3) is 0 Å². The van der Waals surface area contributed by atoms with Crippen molar-refractivity contribution in [2.24, 2.45) is 0 Å². The first-order valence-electron chi connectivity index (χ1n) is 4.04. The summed E-state index contributed by atoms with van der Waals surface area (Å²) in [7, 11) is 0.577. The third-order valence-corrected chi connectivity index (χ3v) is 3.33. The molecule has 0 atom stereocenters. The second kappa shape index (κ2) is 3.46. The summed E-state index contributed by atoms with van der Waals surface area (Å²) in [4.78, 5) is 1.21. The Morgan fingerprint density at radius 3 is 2.31 bits per heavy atom. The summed E-state index contributed by atoms with van der Waals surface area (Å²) >= 11 is 0. The Labute approximate surface area is 80.8 Å². The maximum Gasteiger partial charge on any atom is 0.121 e. The lowest BCUT2D eigenvalue weighted by molar-refractivity contribution is 0.411. The predicted molar refractivity (Wildman–Crippen MR) is 63.8 cm³/mol. The standard InChI is InChI=1S/C11H16OS/c1-9-8-10(13(3,4)5)6-7-11(9)12-2/h6-8H,3-4H2,1-2,5H3. The van der Waals surface area contributed by atoms with Crippen LogP contribution in [0.5, 0.6) is 5.75 Å². The number of benzene rings is 1. The fourth-order valence-corrected chi connectivity index (χ4v) is 2.02. The Morgan fingerprint density at radius 2 is 1.92 bits per heavy atom. The molecule has 0 saturated carbocycles. The Hall–Kier alpha value is -0.890. The highest BCUT2D eigenvalue weighted by molar-refractivity contribution is 8.27. The molecule has 0 spiro atoms. The van der Waals surface area contributed by atoms with E-state index in [1.54, 1.807) is 7.11 Å². The maximum atomic E-state index is 5.18. The molecule has 1 rings (SSSR count). The monoisotopic (exact) mass is 196 g/mol. The smallest absolute Gasteiger partial charge is 0.121 e. The zero-order valence-electron chi connectivity index (χ0n) is 8.46. The van der Waals surface area contributed by atoms with Gasteiger partial charge in [0.2, 0.25) is 0 Å². The summed E-state index contributed by atoms with van der Waals surface area (Å²) in [5.41, 5.74) is 1.14. The molecule has 0 fully saturated rings. The third-order valence-electron chi connectivity index (χ3n) is 1.94. The van der Waals surface area contributed by atoms with Gasteiger partial charge in [0.05, 0.1) is 7.11 Å². The predicted octanol–water partition coefficient (Wildman–Crippen LogP) is 2.66. The second-order valence-corrected chi connectivity index (χ2v) is 6.43. The quantitative estimate of drug-likeness (QED) is 0.661. The van der Waals surface area contributed by atoms with E-state index in [1.807, 2.05) is 19.1 Å². The molecule has 0 unspecified atom stereocenters. The van der Waals surface area contributed by atoms with Crippen LogP contribution in [0.3, 0.4) is 0 Å². The lowest BCUT2D eigenvalue weighted by Crippen LogP contribution is -1.88. The van der Waals surface area contributed by atoms with Crippen molar-refractivity contribution in [3.8, 4) is 5.75 Å². The molecule has 2 heteroatoms. The molecule has 13 heavy (non-hydrogen) atoms. The van der Waals surface area contributed by atoms with E-state index in [4.69, 9.17) is 4.74 Å². The Kier molecular flexibility index (Phi) is 2.71.